The first-order valence-electron chi connectivity index (χ1n) is 5.57. The van der Waals surface area contributed by atoms with Gasteiger partial charge in [-0.15, -0.1) is 11.3 Å². The molecule has 3 rings (SSSR count). The summed E-state index contributed by atoms with van der Waals surface area (Å²) in [4.78, 5) is 1.27. The largest absolute Gasteiger partial charge is 0.384 e. The van der Waals surface area contributed by atoms with E-state index in [4.69, 9.17) is 0 Å². The van der Waals surface area contributed by atoms with Crippen molar-refractivity contribution in [3.63, 3.8) is 0 Å². The van der Waals surface area contributed by atoms with E-state index in [0.29, 0.717) is 11.8 Å². The zero-order chi connectivity index (χ0) is 9.76. The number of fused-ring (bicyclic) bond motifs is 1. The molecule has 0 radical (unpaired) electrons. The van der Waals surface area contributed by atoms with Crippen LogP contribution in [0, 0.1) is 11.8 Å². The fourth-order valence-electron chi connectivity index (χ4n) is 3.22. The minimum atomic E-state index is -0.405. The second-order valence-corrected chi connectivity index (χ2v) is 5.51. The van der Waals surface area contributed by atoms with E-state index < -0.39 is 5.60 Å². The molecular formula is C12H16OS. The van der Waals surface area contributed by atoms with Crippen LogP contribution in [-0.4, -0.2) is 5.11 Å². The Morgan fingerprint density at radius 3 is 2.86 bits per heavy atom. The normalized spacial score (nSPS) is 39.9. The highest BCUT2D eigenvalue weighted by Gasteiger charge is 2.67. The van der Waals surface area contributed by atoms with Crippen molar-refractivity contribution in [3.8, 4) is 0 Å². The van der Waals surface area contributed by atoms with Gasteiger partial charge in [0, 0.05) is 4.88 Å². The Hall–Kier alpha value is -0.340. The van der Waals surface area contributed by atoms with E-state index in [1.54, 1.807) is 11.3 Å². The maximum absolute atomic E-state index is 10.6. The third-order valence-corrected chi connectivity index (χ3v) is 5.13. The predicted molar refractivity (Wildman–Crippen MR) is 58.4 cm³/mol. The van der Waals surface area contributed by atoms with Crippen LogP contribution in [0.25, 0.3) is 0 Å². The van der Waals surface area contributed by atoms with Gasteiger partial charge in [0.1, 0.15) is 5.60 Å². The van der Waals surface area contributed by atoms with Crippen LogP contribution in [0.5, 0.6) is 0 Å². The smallest absolute Gasteiger partial charge is 0.105 e. The Kier molecular flexibility index (Phi) is 1.80. The van der Waals surface area contributed by atoms with E-state index in [9.17, 15) is 5.11 Å². The van der Waals surface area contributed by atoms with Crippen molar-refractivity contribution in [2.24, 2.45) is 11.8 Å². The fraction of sp³-hybridized carbons (Fsp3) is 0.667. The lowest BCUT2D eigenvalue weighted by Crippen LogP contribution is -2.13. The second-order valence-electron chi connectivity index (χ2n) is 4.60. The van der Waals surface area contributed by atoms with Gasteiger partial charge in [-0.25, -0.2) is 0 Å². The molecule has 2 aliphatic rings. The van der Waals surface area contributed by atoms with Gasteiger partial charge in [0.15, 0.2) is 0 Å². The topological polar surface area (TPSA) is 20.2 Å². The summed E-state index contributed by atoms with van der Waals surface area (Å²) in [6, 6.07) is 2.17. The first-order valence-corrected chi connectivity index (χ1v) is 6.45. The number of thiophene rings is 1. The Morgan fingerprint density at radius 1 is 1.50 bits per heavy atom. The molecule has 76 valence electrons. The molecule has 1 aromatic heterocycles. The van der Waals surface area contributed by atoms with Crippen molar-refractivity contribution in [1.29, 1.82) is 0 Å². The van der Waals surface area contributed by atoms with Crippen molar-refractivity contribution >= 4 is 11.3 Å². The second kappa shape index (κ2) is 2.83. The highest BCUT2D eigenvalue weighted by atomic mass is 32.1. The third kappa shape index (κ3) is 0.934. The van der Waals surface area contributed by atoms with E-state index in [2.05, 4.69) is 18.4 Å². The number of hydrogen-bond acceptors (Lipinski definition) is 2. The summed E-state index contributed by atoms with van der Waals surface area (Å²) >= 11 is 1.75. The SMILES string of the molecule is CCc1ccsc1C1(O)C2CCCC21. The third-order valence-electron chi connectivity index (χ3n) is 4.03. The first-order chi connectivity index (χ1) is 6.78. The molecule has 14 heavy (non-hydrogen) atoms. The molecular weight excluding hydrogens is 192 g/mol. The molecule has 0 aromatic carbocycles. The number of aliphatic hydroxyl groups is 1. The average Bonchev–Trinajstić information content (AvgIpc) is 2.77. The van der Waals surface area contributed by atoms with Crippen molar-refractivity contribution in [1.82, 2.24) is 0 Å². The molecule has 2 unspecified atom stereocenters. The van der Waals surface area contributed by atoms with Gasteiger partial charge in [0.2, 0.25) is 0 Å². The van der Waals surface area contributed by atoms with Gasteiger partial charge in [0.05, 0.1) is 0 Å². The summed E-state index contributed by atoms with van der Waals surface area (Å²) in [5.74, 6) is 1.18. The lowest BCUT2D eigenvalue weighted by atomic mass is 10.0. The zero-order valence-electron chi connectivity index (χ0n) is 8.49. The van der Waals surface area contributed by atoms with Crippen LogP contribution in [0.2, 0.25) is 0 Å². The Balaban J connectivity index is 1.96. The fourth-order valence-corrected chi connectivity index (χ4v) is 4.45. The van der Waals surface area contributed by atoms with Crippen LogP contribution in [-0.2, 0) is 12.0 Å². The molecule has 0 aliphatic heterocycles. The van der Waals surface area contributed by atoms with Gasteiger partial charge in [-0.2, -0.15) is 0 Å². The summed E-state index contributed by atoms with van der Waals surface area (Å²) in [7, 11) is 0. The van der Waals surface area contributed by atoms with Gasteiger partial charge in [0.25, 0.3) is 0 Å². The summed E-state index contributed by atoms with van der Waals surface area (Å²) in [5, 5.41) is 12.7. The van der Waals surface area contributed by atoms with Gasteiger partial charge >= 0.3 is 0 Å². The number of hydrogen-bond donors (Lipinski definition) is 1. The number of rotatable bonds is 2. The molecule has 1 N–H and O–H groups in total. The zero-order valence-corrected chi connectivity index (χ0v) is 9.31. The van der Waals surface area contributed by atoms with Crippen LogP contribution in [0.1, 0.15) is 36.6 Å². The highest BCUT2D eigenvalue weighted by molar-refractivity contribution is 7.10. The molecule has 0 bridgehead atoms. The minimum absolute atomic E-state index is 0.405. The van der Waals surface area contributed by atoms with Crippen molar-refractivity contribution in [2.45, 2.75) is 38.2 Å². The maximum atomic E-state index is 10.6. The Morgan fingerprint density at radius 2 is 2.21 bits per heavy atom. The Labute approximate surface area is 88.8 Å². The van der Waals surface area contributed by atoms with Crippen LogP contribution in [0.3, 0.4) is 0 Å². The molecule has 1 heterocycles. The van der Waals surface area contributed by atoms with E-state index in [1.807, 2.05) is 0 Å². The average molecular weight is 208 g/mol. The molecule has 1 aromatic rings. The summed E-state index contributed by atoms with van der Waals surface area (Å²) in [5.41, 5.74) is 0.963. The summed E-state index contributed by atoms with van der Waals surface area (Å²) in [6.45, 7) is 2.17. The molecule has 0 spiro atoms. The summed E-state index contributed by atoms with van der Waals surface area (Å²) in [6.07, 6.45) is 4.86. The molecule has 2 heteroatoms. The van der Waals surface area contributed by atoms with Crippen molar-refractivity contribution in [3.05, 3.63) is 21.9 Å². The monoisotopic (exact) mass is 208 g/mol. The lowest BCUT2D eigenvalue weighted by molar-refractivity contribution is 0.108. The van der Waals surface area contributed by atoms with Gasteiger partial charge in [-0.3, -0.25) is 0 Å². The molecule has 1 nitrogen and oxygen atoms in total. The lowest BCUT2D eigenvalue weighted by Gasteiger charge is -2.14. The minimum Gasteiger partial charge on any atom is -0.384 e. The van der Waals surface area contributed by atoms with Gasteiger partial charge < -0.3 is 5.11 Å². The van der Waals surface area contributed by atoms with Crippen molar-refractivity contribution in [2.75, 3.05) is 0 Å². The van der Waals surface area contributed by atoms with Gasteiger partial charge in [-0.1, -0.05) is 13.3 Å². The first kappa shape index (κ1) is 8.93. The number of aryl methyl sites for hydroxylation is 1. The van der Waals surface area contributed by atoms with Crippen LogP contribution in [0.15, 0.2) is 11.4 Å². The van der Waals surface area contributed by atoms with Gasteiger partial charge in [-0.05, 0) is 48.1 Å². The van der Waals surface area contributed by atoms with E-state index in [1.165, 1.54) is 29.7 Å². The van der Waals surface area contributed by atoms with Crippen LogP contribution >= 0.6 is 11.3 Å². The quantitative estimate of drug-likeness (QED) is 0.792. The van der Waals surface area contributed by atoms with E-state index >= 15 is 0 Å². The Bertz CT molecular complexity index is 345. The molecule has 2 atom stereocenters. The summed E-state index contributed by atoms with van der Waals surface area (Å²) < 4.78 is 0. The molecule has 2 saturated carbocycles. The van der Waals surface area contributed by atoms with Crippen LogP contribution < -0.4 is 0 Å². The van der Waals surface area contributed by atoms with E-state index in [0.717, 1.165) is 6.42 Å². The molecule has 0 amide bonds. The predicted octanol–water partition coefficient (Wildman–Crippen LogP) is 2.93. The standard InChI is InChI=1S/C12H16OS/c1-2-8-6-7-14-11(8)12(13)9-4-3-5-10(9)12/h6-7,9-10,13H,2-5H2,1H3. The maximum Gasteiger partial charge on any atom is 0.105 e. The van der Waals surface area contributed by atoms with Crippen molar-refractivity contribution < 1.29 is 5.11 Å². The molecule has 2 aliphatic carbocycles. The molecule has 2 fully saturated rings. The molecule has 0 saturated heterocycles. The van der Waals surface area contributed by atoms with Crippen LogP contribution in [0.4, 0.5) is 0 Å². The highest BCUT2D eigenvalue weighted by Crippen LogP contribution is 2.67. The van der Waals surface area contributed by atoms with E-state index in [-0.39, 0.29) is 0 Å².